The quantitative estimate of drug-likeness (QED) is 0.393. The minimum absolute atomic E-state index is 0.0693. The Morgan fingerprint density at radius 3 is 2.52 bits per heavy atom. The number of nitrogens with zero attached hydrogens (tertiary/aromatic N) is 1. The topological polar surface area (TPSA) is 117 Å². The van der Waals surface area contributed by atoms with Crippen molar-refractivity contribution in [3.05, 3.63) is 50.9 Å². The molecule has 0 fully saturated rings. The average molecular weight is 394 g/mol. The molecule has 0 unspecified atom stereocenters. The number of carbonyl (C=O) groups is 2. The zero-order chi connectivity index (χ0) is 19.8. The molecule has 2 rings (SSSR count). The first-order valence-corrected chi connectivity index (χ1v) is 8.65. The molecule has 0 saturated heterocycles. The van der Waals surface area contributed by atoms with Crippen molar-refractivity contribution in [2.24, 2.45) is 0 Å². The van der Waals surface area contributed by atoms with E-state index in [1.807, 2.05) is 12.1 Å². The van der Waals surface area contributed by atoms with Gasteiger partial charge in [-0.2, -0.15) is 0 Å². The Balaban J connectivity index is 1.76. The molecular formula is C17H18N2O7S. The highest BCUT2D eigenvalue weighted by molar-refractivity contribution is 7.17. The van der Waals surface area contributed by atoms with Gasteiger partial charge in [-0.3, -0.25) is 14.9 Å². The van der Waals surface area contributed by atoms with E-state index in [2.05, 4.69) is 5.32 Å². The number of nitrogens with one attached hydrogen (secondary N) is 1. The molecule has 0 bridgehead atoms. The number of carbonyl (C=O) groups excluding carboxylic acids is 2. The molecule has 27 heavy (non-hydrogen) atoms. The molecule has 1 N–H and O–H groups in total. The molecule has 1 aromatic heterocycles. The van der Waals surface area contributed by atoms with E-state index < -0.39 is 23.4 Å². The lowest BCUT2D eigenvalue weighted by molar-refractivity contribution is -0.380. The van der Waals surface area contributed by atoms with Crippen molar-refractivity contribution in [1.82, 2.24) is 5.32 Å². The summed E-state index contributed by atoms with van der Waals surface area (Å²) >= 11 is 0.695. The monoisotopic (exact) mass is 394 g/mol. The smallest absolute Gasteiger partial charge is 0.349 e. The minimum Gasteiger partial charge on any atom is -0.493 e. The third-order valence-corrected chi connectivity index (χ3v) is 4.51. The van der Waals surface area contributed by atoms with Crippen molar-refractivity contribution in [1.29, 1.82) is 0 Å². The van der Waals surface area contributed by atoms with Gasteiger partial charge in [0.25, 0.3) is 5.91 Å². The van der Waals surface area contributed by atoms with Crippen molar-refractivity contribution < 1.29 is 28.7 Å². The highest BCUT2D eigenvalue weighted by Crippen LogP contribution is 2.27. The second-order valence-corrected chi connectivity index (χ2v) is 6.32. The summed E-state index contributed by atoms with van der Waals surface area (Å²) < 4.78 is 15.2. The predicted molar refractivity (Wildman–Crippen MR) is 97.5 cm³/mol. The van der Waals surface area contributed by atoms with Gasteiger partial charge in [0.2, 0.25) is 0 Å². The van der Waals surface area contributed by atoms with Crippen LogP contribution >= 0.6 is 11.3 Å². The highest BCUT2D eigenvalue weighted by Gasteiger charge is 2.17. The number of hydrogen-bond donors (Lipinski definition) is 1. The van der Waals surface area contributed by atoms with Crippen molar-refractivity contribution in [2.75, 3.05) is 27.4 Å². The van der Waals surface area contributed by atoms with Crippen LogP contribution in [0.4, 0.5) is 5.00 Å². The van der Waals surface area contributed by atoms with Crippen LogP contribution in [0.5, 0.6) is 11.5 Å². The van der Waals surface area contributed by atoms with Crippen LogP contribution < -0.4 is 14.8 Å². The lowest BCUT2D eigenvalue weighted by Gasteiger charge is -2.10. The maximum Gasteiger partial charge on any atom is 0.349 e. The first kappa shape index (κ1) is 20.2. The van der Waals surface area contributed by atoms with Gasteiger partial charge < -0.3 is 19.5 Å². The zero-order valence-corrected chi connectivity index (χ0v) is 15.5. The van der Waals surface area contributed by atoms with Gasteiger partial charge in [0.15, 0.2) is 18.1 Å². The number of rotatable bonds is 9. The molecular weight excluding hydrogens is 376 g/mol. The summed E-state index contributed by atoms with van der Waals surface area (Å²) in [5, 5.41) is 13.1. The fourth-order valence-electron chi connectivity index (χ4n) is 2.17. The molecule has 0 aliphatic rings. The first-order chi connectivity index (χ1) is 12.9. The Labute approximate surface area is 159 Å². The maximum atomic E-state index is 11.8. The zero-order valence-electron chi connectivity index (χ0n) is 14.7. The Morgan fingerprint density at radius 2 is 1.89 bits per heavy atom. The normalized spacial score (nSPS) is 10.1. The predicted octanol–water partition coefficient (Wildman–Crippen LogP) is 2.19. The van der Waals surface area contributed by atoms with Crippen LogP contribution in [0.25, 0.3) is 0 Å². The summed E-state index contributed by atoms with van der Waals surface area (Å²) in [6.07, 6.45) is 0.553. The standard InChI is InChI=1S/C17H18N2O7S/c1-24-12-4-3-11(9-13(12)25-2)7-8-18-15(20)10-26-17(21)14-5-6-16(27-14)19(22)23/h3-6,9H,7-8,10H2,1-2H3,(H,18,20). The molecule has 0 aliphatic heterocycles. The third kappa shape index (κ3) is 5.68. The largest absolute Gasteiger partial charge is 0.493 e. The van der Waals surface area contributed by atoms with Crippen LogP contribution in [0.3, 0.4) is 0 Å². The molecule has 0 spiro atoms. The second kappa shape index (κ2) is 9.53. The van der Waals surface area contributed by atoms with E-state index in [0.717, 1.165) is 5.56 Å². The molecule has 0 saturated carbocycles. The first-order valence-electron chi connectivity index (χ1n) is 7.83. The van der Waals surface area contributed by atoms with E-state index in [4.69, 9.17) is 14.2 Å². The number of esters is 1. The lowest BCUT2D eigenvalue weighted by Crippen LogP contribution is -2.30. The van der Waals surface area contributed by atoms with Crippen LogP contribution in [0.15, 0.2) is 30.3 Å². The van der Waals surface area contributed by atoms with Gasteiger partial charge >= 0.3 is 11.0 Å². The van der Waals surface area contributed by atoms with Crippen LogP contribution in [0.2, 0.25) is 0 Å². The Hall–Kier alpha value is -3.14. The van der Waals surface area contributed by atoms with Gasteiger partial charge in [-0.1, -0.05) is 17.4 Å². The Bertz CT molecular complexity index is 834. The molecule has 9 nitrogen and oxygen atoms in total. The van der Waals surface area contributed by atoms with Crippen molar-refractivity contribution in [3.63, 3.8) is 0 Å². The summed E-state index contributed by atoms with van der Waals surface area (Å²) in [6, 6.07) is 7.95. The molecule has 1 aromatic carbocycles. The summed E-state index contributed by atoms with van der Waals surface area (Å²) in [4.78, 5) is 33.6. The summed E-state index contributed by atoms with van der Waals surface area (Å²) in [7, 11) is 3.09. The Kier molecular flexibility index (Phi) is 7.12. The van der Waals surface area contributed by atoms with Crippen molar-refractivity contribution >= 4 is 28.2 Å². The van der Waals surface area contributed by atoms with Gasteiger partial charge in [-0.05, 0) is 30.2 Å². The van der Waals surface area contributed by atoms with E-state index in [1.165, 1.54) is 12.1 Å². The fraction of sp³-hybridized carbons (Fsp3) is 0.294. The molecule has 0 aliphatic carbocycles. The number of benzene rings is 1. The van der Waals surface area contributed by atoms with Crippen LogP contribution in [0, 0.1) is 10.1 Å². The van der Waals surface area contributed by atoms with Crippen molar-refractivity contribution in [2.45, 2.75) is 6.42 Å². The average Bonchev–Trinajstić information content (AvgIpc) is 3.16. The second-order valence-electron chi connectivity index (χ2n) is 5.26. The molecule has 1 heterocycles. The summed E-state index contributed by atoms with van der Waals surface area (Å²) in [5.41, 5.74) is 0.941. The van der Waals surface area contributed by atoms with E-state index >= 15 is 0 Å². The van der Waals surface area contributed by atoms with E-state index in [0.29, 0.717) is 35.8 Å². The summed E-state index contributed by atoms with van der Waals surface area (Å²) in [6.45, 7) is -0.118. The summed E-state index contributed by atoms with van der Waals surface area (Å²) in [5.74, 6) is -0.0238. The highest BCUT2D eigenvalue weighted by atomic mass is 32.1. The number of amides is 1. The van der Waals surface area contributed by atoms with Gasteiger partial charge in [-0.25, -0.2) is 4.79 Å². The van der Waals surface area contributed by atoms with E-state index in [1.54, 1.807) is 20.3 Å². The van der Waals surface area contributed by atoms with Gasteiger partial charge in [0, 0.05) is 12.6 Å². The van der Waals surface area contributed by atoms with Crippen LogP contribution in [0.1, 0.15) is 15.2 Å². The van der Waals surface area contributed by atoms with Crippen LogP contribution in [-0.4, -0.2) is 44.2 Å². The van der Waals surface area contributed by atoms with E-state index in [9.17, 15) is 19.7 Å². The van der Waals surface area contributed by atoms with Crippen LogP contribution in [-0.2, 0) is 16.0 Å². The molecule has 1 amide bonds. The maximum absolute atomic E-state index is 11.8. The number of nitro groups is 1. The molecule has 0 atom stereocenters. The fourth-order valence-corrected chi connectivity index (χ4v) is 2.89. The third-order valence-electron chi connectivity index (χ3n) is 3.49. The molecule has 10 heteroatoms. The molecule has 144 valence electrons. The van der Waals surface area contributed by atoms with E-state index in [-0.39, 0.29) is 9.88 Å². The molecule has 2 aromatic rings. The number of methoxy groups -OCH3 is 2. The number of ether oxygens (including phenoxy) is 3. The van der Waals surface area contributed by atoms with Crippen molar-refractivity contribution in [3.8, 4) is 11.5 Å². The lowest BCUT2D eigenvalue weighted by atomic mass is 10.1. The number of thiophene rings is 1. The number of hydrogen-bond acceptors (Lipinski definition) is 8. The van der Waals surface area contributed by atoms with Gasteiger partial charge in [0.05, 0.1) is 19.1 Å². The minimum atomic E-state index is -0.775. The Morgan fingerprint density at radius 1 is 1.15 bits per heavy atom. The molecule has 0 radical (unpaired) electrons. The van der Waals surface area contributed by atoms with Gasteiger partial charge in [-0.15, -0.1) is 0 Å². The SMILES string of the molecule is COc1ccc(CCNC(=O)COC(=O)c2ccc([N+](=O)[O-])s2)cc1OC. The van der Waals surface area contributed by atoms with Gasteiger partial charge in [0.1, 0.15) is 4.88 Å².